The Morgan fingerprint density at radius 3 is 2.88 bits per heavy atom. The molecule has 6 nitrogen and oxygen atoms in total. The summed E-state index contributed by atoms with van der Waals surface area (Å²) in [5, 5.41) is 3.21. The van der Waals surface area contributed by atoms with Gasteiger partial charge in [0.25, 0.3) is 5.17 Å². The van der Waals surface area contributed by atoms with Gasteiger partial charge in [-0.1, -0.05) is 12.2 Å². The standard InChI is InChI=1S/C15H16FN3O3S2/c1-9(23)17-7-11-8-19(14(20)22-11)10-2-3-13(12(16)6-10)18-4-5-21-15(18)24/h2-3,6,11H,4-5,7-8H2,1H3,(H,17,23)/t11-/m0/s1. The fourth-order valence-corrected chi connectivity index (χ4v) is 2.95. The Bertz CT molecular complexity index is 701. The number of nitrogens with zero attached hydrogens (tertiary/aromatic N) is 2. The number of hydrogen-bond donors (Lipinski definition) is 1. The van der Waals surface area contributed by atoms with Crippen LogP contribution in [-0.4, -0.2) is 48.6 Å². The maximum Gasteiger partial charge on any atom is 0.414 e. The van der Waals surface area contributed by atoms with E-state index in [1.165, 1.54) is 11.0 Å². The molecule has 0 saturated carbocycles. The predicted molar refractivity (Wildman–Crippen MR) is 96.2 cm³/mol. The molecule has 2 aliphatic rings. The number of rotatable bonds is 4. The second-order valence-electron chi connectivity index (χ2n) is 5.46. The van der Waals surface area contributed by atoms with Crippen LogP contribution in [0.5, 0.6) is 0 Å². The van der Waals surface area contributed by atoms with Gasteiger partial charge in [0.05, 0.1) is 36.0 Å². The number of hydrogen-bond acceptors (Lipinski definition) is 5. The van der Waals surface area contributed by atoms with Crippen LogP contribution in [0.2, 0.25) is 0 Å². The molecule has 1 aromatic rings. The Morgan fingerprint density at radius 1 is 1.46 bits per heavy atom. The highest BCUT2D eigenvalue weighted by molar-refractivity contribution is 7.80. The highest BCUT2D eigenvalue weighted by Gasteiger charge is 2.33. The van der Waals surface area contributed by atoms with Crippen molar-refractivity contribution < 1.29 is 18.7 Å². The first-order valence-electron chi connectivity index (χ1n) is 7.42. The second-order valence-corrected chi connectivity index (χ2v) is 6.42. The van der Waals surface area contributed by atoms with Crippen LogP contribution in [-0.2, 0) is 9.47 Å². The highest BCUT2D eigenvalue weighted by atomic mass is 32.1. The Balaban J connectivity index is 1.73. The number of carbonyl (C=O) groups excluding carboxylic acids is 1. The van der Waals surface area contributed by atoms with Gasteiger partial charge in [-0.05, 0) is 37.3 Å². The van der Waals surface area contributed by atoms with Crippen LogP contribution in [0.15, 0.2) is 18.2 Å². The molecule has 1 atom stereocenters. The van der Waals surface area contributed by atoms with E-state index in [2.05, 4.69) is 5.32 Å². The molecule has 0 bridgehead atoms. The van der Waals surface area contributed by atoms with Crippen LogP contribution in [0.4, 0.5) is 20.6 Å². The average Bonchev–Trinajstić information content (AvgIpc) is 3.11. The van der Waals surface area contributed by atoms with Crippen LogP contribution in [0, 0.1) is 5.82 Å². The molecule has 1 N–H and O–H groups in total. The van der Waals surface area contributed by atoms with Crippen molar-refractivity contribution in [2.75, 3.05) is 36.0 Å². The van der Waals surface area contributed by atoms with Crippen molar-refractivity contribution in [1.82, 2.24) is 5.32 Å². The average molecular weight is 369 g/mol. The summed E-state index contributed by atoms with van der Waals surface area (Å²) in [6.45, 7) is 3.46. The van der Waals surface area contributed by atoms with Crippen LogP contribution in [0.3, 0.4) is 0 Å². The molecular formula is C15H16FN3O3S2. The van der Waals surface area contributed by atoms with Gasteiger partial charge >= 0.3 is 6.09 Å². The normalized spacial score (nSPS) is 20.2. The van der Waals surface area contributed by atoms with E-state index in [0.717, 1.165) is 0 Å². The monoisotopic (exact) mass is 369 g/mol. The summed E-state index contributed by atoms with van der Waals surface area (Å²) in [4.78, 5) is 15.6. The third-order valence-corrected chi connectivity index (χ3v) is 4.23. The summed E-state index contributed by atoms with van der Waals surface area (Å²) in [5.74, 6) is -0.468. The first kappa shape index (κ1) is 16.8. The van der Waals surface area contributed by atoms with Crippen molar-refractivity contribution in [3.8, 4) is 0 Å². The van der Waals surface area contributed by atoms with Gasteiger partial charge in [0.15, 0.2) is 0 Å². The van der Waals surface area contributed by atoms with E-state index in [4.69, 9.17) is 33.9 Å². The Hall–Kier alpha value is -2.00. The molecule has 9 heteroatoms. The quantitative estimate of drug-likeness (QED) is 0.817. The first-order valence-corrected chi connectivity index (χ1v) is 8.24. The van der Waals surface area contributed by atoms with Crippen molar-refractivity contribution in [2.24, 2.45) is 0 Å². The van der Waals surface area contributed by atoms with Gasteiger partial charge in [-0.3, -0.25) is 9.80 Å². The molecule has 2 aliphatic heterocycles. The van der Waals surface area contributed by atoms with Gasteiger partial charge in [0.1, 0.15) is 18.5 Å². The third kappa shape index (κ3) is 3.41. The lowest BCUT2D eigenvalue weighted by atomic mass is 10.2. The van der Waals surface area contributed by atoms with E-state index in [1.807, 2.05) is 0 Å². The van der Waals surface area contributed by atoms with Gasteiger partial charge < -0.3 is 14.8 Å². The molecule has 0 aliphatic carbocycles. The summed E-state index contributed by atoms with van der Waals surface area (Å²) in [7, 11) is 0. The molecule has 24 heavy (non-hydrogen) atoms. The number of halogens is 1. The molecule has 2 fully saturated rings. The molecule has 2 saturated heterocycles. The summed E-state index contributed by atoms with van der Waals surface area (Å²) >= 11 is 9.98. The third-order valence-electron chi connectivity index (χ3n) is 3.75. The lowest BCUT2D eigenvalue weighted by Gasteiger charge is -2.18. The van der Waals surface area contributed by atoms with Gasteiger partial charge in [0.2, 0.25) is 0 Å². The molecule has 0 aromatic heterocycles. The minimum Gasteiger partial charge on any atom is -0.469 e. The van der Waals surface area contributed by atoms with E-state index in [-0.39, 0.29) is 11.3 Å². The molecule has 0 radical (unpaired) electrons. The number of thiocarbonyl (C=S) groups is 2. The number of cyclic esters (lactones) is 1. The molecular weight excluding hydrogens is 353 g/mol. The number of nitrogens with one attached hydrogen (secondary N) is 1. The van der Waals surface area contributed by atoms with E-state index >= 15 is 0 Å². The number of ether oxygens (including phenoxy) is 2. The van der Waals surface area contributed by atoms with Crippen molar-refractivity contribution in [1.29, 1.82) is 0 Å². The highest BCUT2D eigenvalue weighted by Crippen LogP contribution is 2.29. The molecule has 0 spiro atoms. The van der Waals surface area contributed by atoms with E-state index < -0.39 is 11.9 Å². The van der Waals surface area contributed by atoms with Crippen LogP contribution in [0.1, 0.15) is 6.92 Å². The maximum absolute atomic E-state index is 14.4. The second kappa shape index (κ2) is 6.86. The van der Waals surface area contributed by atoms with Gasteiger partial charge in [-0.2, -0.15) is 0 Å². The zero-order valence-corrected chi connectivity index (χ0v) is 14.6. The minimum atomic E-state index is -0.504. The largest absolute Gasteiger partial charge is 0.469 e. The molecule has 0 unspecified atom stereocenters. The molecule has 3 rings (SSSR count). The number of carbonyl (C=O) groups is 1. The van der Waals surface area contributed by atoms with Crippen LogP contribution < -0.4 is 15.1 Å². The minimum absolute atomic E-state index is 0.254. The van der Waals surface area contributed by atoms with Crippen molar-refractivity contribution in [2.45, 2.75) is 13.0 Å². The smallest absolute Gasteiger partial charge is 0.414 e. The summed E-state index contributed by atoms with van der Waals surface area (Å²) in [5.41, 5.74) is 0.775. The lowest BCUT2D eigenvalue weighted by molar-refractivity contribution is 0.143. The van der Waals surface area contributed by atoms with E-state index in [1.54, 1.807) is 24.0 Å². The number of amides is 1. The zero-order valence-electron chi connectivity index (χ0n) is 13.0. The van der Waals surface area contributed by atoms with Gasteiger partial charge in [0, 0.05) is 0 Å². The maximum atomic E-state index is 14.4. The van der Waals surface area contributed by atoms with Gasteiger partial charge in [-0.25, -0.2) is 9.18 Å². The summed E-state index contributed by atoms with van der Waals surface area (Å²) in [6.07, 6.45) is -0.839. The van der Waals surface area contributed by atoms with E-state index in [9.17, 15) is 9.18 Å². The fourth-order valence-electron chi connectivity index (χ4n) is 2.59. The van der Waals surface area contributed by atoms with Crippen LogP contribution in [0.25, 0.3) is 0 Å². The van der Waals surface area contributed by atoms with Gasteiger partial charge in [-0.15, -0.1) is 0 Å². The fraction of sp³-hybridized carbons (Fsp3) is 0.400. The van der Waals surface area contributed by atoms with E-state index in [0.29, 0.717) is 42.6 Å². The first-order chi connectivity index (χ1) is 11.5. The topological polar surface area (TPSA) is 54.0 Å². The Labute approximate surface area is 149 Å². The molecule has 128 valence electrons. The molecule has 1 amide bonds. The Morgan fingerprint density at radius 2 is 2.25 bits per heavy atom. The molecule has 1 aromatic carbocycles. The van der Waals surface area contributed by atoms with Crippen molar-refractivity contribution in [3.05, 3.63) is 24.0 Å². The zero-order chi connectivity index (χ0) is 17.3. The van der Waals surface area contributed by atoms with Crippen LogP contribution >= 0.6 is 24.4 Å². The predicted octanol–water partition coefficient (Wildman–Crippen LogP) is 2.21. The summed E-state index contributed by atoms with van der Waals surface area (Å²) < 4.78 is 24.9. The Kier molecular flexibility index (Phi) is 4.81. The number of benzene rings is 1. The SMILES string of the molecule is CC(=S)NC[C@H]1CN(c2ccc(N3CCOC3=S)c(F)c2)C(=O)O1. The lowest BCUT2D eigenvalue weighted by Crippen LogP contribution is -2.32. The summed E-state index contributed by atoms with van der Waals surface area (Å²) in [6, 6.07) is 4.56. The number of anilines is 2. The molecule has 2 heterocycles. The van der Waals surface area contributed by atoms with Crippen molar-refractivity contribution >= 4 is 52.1 Å². The van der Waals surface area contributed by atoms with Crippen molar-refractivity contribution in [3.63, 3.8) is 0 Å².